The Balaban J connectivity index is 0.970. The highest BCUT2D eigenvalue weighted by Gasteiger charge is 2.96. The predicted octanol–water partition coefficient (Wildman–Crippen LogP) is 4.51. The summed E-state index contributed by atoms with van der Waals surface area (Å²) in [5.74, 6) is 2.97. The van der Waals surface area contributed by atoms with Crippen molar-refractivity contribution >= 4 is 23.6 Å². The molecule has 7 fully saturated rings. The first-order valence-corrected chi connectivity index (χ1v) is 18.2. The Labute approximate surface area is 286 Å². The van der Waals surface area contributed by atoms with Crippen LogP contribution in [-0.2, 0) is 23.9 Å². The molecule has 7 rings (SSSR count). The normalized spacial score (nSPS) is 35.5. The first-order chi connectivity index (χ1) is 22.9. The summed E-state index contributed by atoms with van der Waals surface area (Å²) < 4.78 is 7.03. The van der Waals surface area contributed by atoms with Crippen LogP contribution in [-0.4, -0.2) is 61.0 Å². The van der Waals surface area contributed by atoms with Gasteiger partial charge in [-0.2, -0.15) is 0 Å². The minimum Gasteiger partial charge on any atom is -0.366 e. The van der Waals surface area contributed by atoms with Gasteiger partial charge in [-0.05, 0) is 121 Å². The molecule has 10 atom stereocenters. The molecule has 9 heteroatoms. The molecule has 0 radical (unpaired) electrons. The smallest absolute Gasteiger partial charge is 0.239 e. The van der Waals surface area contributed by atoms with E-state index in [9.17, 15) is 19.2 Å². The number of hydrogen-bond acceptors (Lipinski definition) is 5. The molecule has 4 amide bonds. The van der Waals surface area contributed by atoms with Gasteiger partial charge < -0.3 is 26.0 Å². The second-order valence-electron chi connectivity index (χ2n) is 16.1. The van der Waals surface area contributed by atoms with Crippen LogP contribution in [0.25, 0.3) is 0 Å². The summed E-state index contributed by atoms with van der Waals surface area (Å²) in [7, 11) is 0. The highest BCUT2D eigenvalue weighted by Crippen LogP contribution is 2.93. The van der Waals surface area contributed by atoms with Crippen molar-refractivity contribution in [2.45, 2.75) is 97.7 Å². The monoisotopic (exact) mass is 660 g/mol. The van der Waals surface area contributed by atoms with E-state index in [1.807, 2.05) is 12.2 Å². The molecule has 5 saturated carbocycles. The molecular formula is C39H56N4O5. The van der Waals surface area contributed by atoms with Crippen molar-refractivity contribution in [1.82, 2.24) is 21.3 Å². The summed E-state index contributed by atoms with van der Waals surface area (Å²) in [5, 5.41) is 11.5. The van der Waals surface area contributed by atoms with Gasteiger partial charge in [-0.1, -0.05) is 46.6 Å². The summed E-state index contributed by atoms with van der Waals surface area (Å²) >= 11 is 0. The van der Waals surface area contributed by atoms with Crippen molar-refractivity contribution in [3.63, 3.8) is 0 Å². The van der Waals surface area contributed by atoms with Crippen LogP contribution in [0, 0.1) is 47.3 Å². The Morgan fingerprint density at radius 2 is 1.00 bits per heavy atom. The van der Waals surface area contributed by atoms with Crippen LogP contribution in [0.15, 0.2) is 46.6 Å². The van der Waals surface area contributed by atoms with Gasteiger partial charge in [0, 0.05) is 13.1 Å². The van der Waals surface area contributed by atoms with Crippen molar-refractivity contribution in [3.8, 4) is 0 Å². The van der Waals surface area contributed by atoms with Crippen LogP contribution in [0.4, 0.5) is 0 Å². The Bertz CT molecular complexity index is 1340. The molecule has 4 bridgehead atoms. The fraction of sp³-hybridized carbons (Fsp3) is 0.692. The maximum atomic E-state index is 13.3. The average molecular weight is 661 g/mol. The van der Waals surface area contributed by atoms with E-state index in [-0.39, 0.29) is 49.6 Å². The van der Waals surface area contributed by atoms with Gasteiger partial charge in [-0.25, -0.2) is 0 Å². The van der Waals surface area contributed by atoms with Crippen LogP contribution in [0.1, 0.15) is 86.5 Å². The molecule has 2 heterocycles. The van der Waals surface area contributed by atoms with Crippen LogP contribution in [0.2, 0.25) is 0 Å². The fourth-order valence-electron chi connectivity index (χ4n) is 11.2. The fourth-order valence-corrected chi connectivity index (χ4v) is 11.2. The molecule has 0 aromatic heterocycles. The summed E-state index contributed by atoms with van der Waals surface area (Å²) in [6.07, 6.45) is 14.1. The molecule has 2 saturated heterocycles. The molecule has 2 aliphatic heterocycles. The van der Waals surface area contributed by atoms with E-state index in [1.54, 1.807) is 0 Å². The van der Waals surface area contributed by atoms with E-state index in [0.29, 0.717) is 60.4 Å². The molecule has 5 aliphatic carbocycles. The first-order valence-electron chi connectivity index (χ1n) is 18.2. The van der Waals surface area contributed by atoms with E-state index in [1.165, 1.54) is 28.7 Å². The zero-order valence-corrected chi connectivity index (χ0v) is 29.7. The quantitative estimate of drug-likeness (QED) is 0.161. The van der Waals surface area contributed by atoms with Gasteiger partial charge in [-0.3, -0.25) is 19.2 Å². The largest absolute Gasteiger partial charge is 0.366 e. The number of carbonyl (C=O) groups excluding carboxylic acids is 4. The van der Waals surface area contributed by atoms with Crippen LogP contribution >= 0.6 is 0 Å². The van der Waals surface area contributed by atoms with E-state index in [2.05, 4.69) is 75.0 Å². The molecular weight excluding hydrogens is 604 g/mol. The molecule has 262 valence electrons. The van der Waals surface area contributed by atoms with Crippen LogP contribution in [0.3, 0.4) is 0 Å². The number of hydrogen-bond donors (Lipinski definition) is 4. The second kappa shape index (κ2) is 13.6. The highest BCUT2D eigenvalue weighted by molar-refractivity contribution is 5.86. The van der Waals surface area contributed by atoms with Gasteiger partial charge in [0.05, 0.1) is 37.1 Å². The maximum absolute atomic E-state index is 13.3. The van der Waals surface area contributed by atoms with E-state index in [0.717, 1.165) is 25.7 Å². The van der Waals surface area contributed by atoms with Gasteiger partial charge in [0.15, 0.2) is 0 Å². The van der Waals surface area contributed by atoms with E-state index >= 15 is 0 Å². The van der Waals surface area contributed by atoms with Crippen LogP contribution in [0.5, 0.6) is 0 Å². The van der Waals surface area contributed by atoms with Crippen molar-refractivity contribution in [1.29, 1.82) is 0 Å². The first kappa shape index (κ1) is 34.7. The number of nitrogens with one attached hydrogen (secondary N) is 4. The Morgan fingerprint density at radius 1 is 0.583 bits per heavy atom. The van der Waals surface area contributed by atoms with E-state index in [4.69, 9.17) is 4.74 Å². The molecule has 0 spiro atoms. The SMILES string of the molecule is CC(C)=CCC/C(C)=C/CNC(=O)CNC(=O)CC12OC3(CC(=O)NCC(=O)NC/C=C(\C)CCC=C(C)C)C4C5CC(C6C5C3C61)C42. The summed E-state index contributed by atoms with van der Waals surface area (Å²) in [6.45, 7) is 13.3. The lowest BCUT2D eigenvalue weighted by atomic mass is 9.54. The molecule has 9 nitrogen and oxygen atoms in total. The number of rotatable bonds is 18. The summed E-state index contributed by atoms with van der Waals surface area (Å²) in [4.78, 5) is 51.6. The van der Waals surface area contributed by atoms with Crippen molar-refractivity contribution < 1.29 is 23.9 Å². The third-order valence-electron chi connectivity index (χ3n) is 12.6. The van der Waals surface area contributed by atoms with Crippen LogP contribution < -0.4 is 21.3 Å². The Morgan fingerprint density at radius 3 is 1.40 bits per heavy atom. The molecule has 7 aliphatic rings. The average Bonchev–Trinajstić information content (AvgIpc) is 3.67. The zero-order chi connectivity index (χ0) is 34.4. The maximum Gasteiger partial charge on any atom is 0.239 e. The van der Waals surface area contributed by atoms with Gasteiger partial charge >= 0.3 is 0 Å². The number of ether oxygens (including phenoxy) is 1. The van der Waals surface area contributed by atoms with Gasteiger partial charge in [0.2, 0.25) is 23.6 Å². The summed E-state index contributed by atoms with van der Waals surface area (Å²) in [5.41, 5.74) is 4.02. The number of amides is 4. The molecule has 0 aromatic carbocycles. The molecule has 4 N–H and O–H groups in total. The highest BCUT2D eigenvalue weighted by atomic mass is 16.5. The lowest BCUT2D eigenvalue weighted by molar-refractivity contribution is -0.138. The predicted molar refractivity (Wildman–Crippen MR) is 185 cm³/mol. The Hall–Kier alpha value is -3.20. The lowest BCUT2D eigenvalue weighted by Gasteiger charge is -2.47. The van der Waals surface area contributed by atoms with Crippen molar-refractivity contribution in [3.05, 3.63) is 46.6 Å². The zero-order valence-electron chi connectivity index (χ0n) is 29.7. The number of carbonyl (C=O) groups is 4. The van der Waals surface area contributed by atoms with E-state index < -0.39 is 11.2 Å². The molecule has 0 aromatic rings. The van der Waals surface area contributed by atoms with Gasteiger partial charge in [0.25, 0.3) is 0 Å². The minimum absolute atomic E-state index is 0.0548. The topological polar surface area (TPSA) is 126 Å². The third kappa shape index (κ3) is 6.09. The molecule has 10 unspecified atom stereocenters. The summed E-state index contributed by atoms with van der Waals surface area (Å²) in [6, 6.07) is 0. The molecule has 48 heavy (non-hydrogen) atoms. The second-order valence-corrected chi connectivity index (χ2v) is 16.1. The van der Waals surface area contributed by atoms with Gasteiger partial charge in [-0.15, -0.1) is 0 Å². The lowest BCUT2D eigenvalue weighted by Crippen LogP contribution is -2.53. The third-order valence-corrected chi connectivity index (χ3v) is 12.6. The van der Waals surface area contributed by atoms with Crippen molar-refractivity contribution in [2.75, 3.05) is 26.2 Å². The Kier molecular flexibility index (Phi) is 9.82. The minimum atomic E-state index is -0.522. The van der Waals surface area contributed by atoms with Crippen molar-refractivity contribution in [2.24, 2.45) is 47.3 Å². The van der Waals surface area contributed by atoms with Gasteiger partial charge in [0.1, 0.15) is 0 Å². The number of allylic oxidation sites excluding steroid dienone is 6. The standard InChI is InChI=1S/C39H56N4O5/c1-22(2)9-7-11-24(5)13-15-40-30(46)20-42-28(44)18-38-34-26-17-27-33-32(26)36(38)37(33)39(48-38,35(27)34)19-29(45)43-21-31(47)41-16-14-25(6)12-8-10-23(3)4/h9-10,13-14,26-27,32-37H,7-8,11-12,15-21H2,1-6H3,(H,40,46)(H,41,47)(H,42,44)(H,43,45)/b24-13+,25-14+.